The van der Waals surface area contributed by atoms with E-state index in [1.807, 2.05) is 6.07 Å². The minimum Gasteiger partial charge on any atom is -0.310 e. The van der Waals surface area contributed by atoms with Crippen LogP contribution in [0.1, 0.15) is 24.5 Å². The Hall–Kier alpha value is -1.19. The molecule has 0 spiro atoms. The van der Waals surface area contributed by atoms with Crippen LogP contribution >= 0.6 is 15.9 Å². The van der Waals surface area contributed by atoms with Gasteiger partial charge in [0.25, 0.3) is 0 Å². The number of halogens is 2. The normalized spacial score (nSPS) is 12.3. The molecule has 1 atom stereocenters. The van der Waals surface area contributed by atoms with Crippen LogP contribution in [0, 0.1) is 5.82 Å². The van der Waals surface area contributed by atoms with E-state index in [1.165, 1.54) is 11.6 Å². The summed E-state index contributed by atoms with van der Waals surface area (Å²) in [6.45, 7) is 2.84. The second-order valence-corrected chi connectivity index (χ2v) is 5.90. The zero-order valence-corrected chi connectivity index (χ0v) is 13.2. The molecule has 2 rings (SSSR count). The minimum atomic E-state index is -0.193. The van der Waals surface area contributed by atoms with Crippen LogP contribution in [0.4, 0.5) is 4.39 Å². The van der Waals surface area contributed by atoms with Gasteiger partial charge in [-0.3, -0.25) is 0 Å². The molecule has 0 aliphatic heterocycles. The average Bonchev–Trinajstić information content (AvgIpc) is 2.47. The number of rotatable bonds is 6. The molecule has 2 aromatic rings. The predicted molar refractivity (Wildman–Crippen MR) is 85.2 cm³/mol. The molecule has 0 aliphatic carbocycles. The van der Waals surface area contributed by atoms with Crippen LogP contribution in [0.2, 0.25) is 0 Å². The summed E-state index contributed by atoms with van der Waals surface area (Å²) in [7, 11) is 0. The summed E-state index contributed by atoms with van der Waals surface area (Å²) in [6.07, 6.45) is 2.12. The van der Waals surface area contributed by atoms with Gasteiger partial charge in [0.2, 0.25) is 0 Å². The van der Waals surface area contributed by atoms with E-state index < -0.39 is 0 Å². The predicted octanol–water partition coefficient (Wildman–Crippen LogP) is 4.70. The van der Waals surface area contributed by atoms with Gasteiger partial charge < -0.3 is 5.32 Å². The van der Waals surface area contributed by atoms with Crippen molar-refractivity contribution in [1.82, 2.24) is 5.32 Å². The Balaban J connectivity index is 1.80. The molecule has 0 amide bonds. The summed E-state index contributed by atoms with van der Waals surface area (Å²) in [5.74, 6) is -0.193. The van der Waals surface area contributed by atoms with Gasteiger partial charge in [-0.2, -0.15) is 0 Å². The first-order valence-corrected chi connectivity index (χ1v) is 7.65. The van der Waals surface area contributed by atoms with E-state index in [4.69, 9.17) is 0 Å². The van der Waals surface area contributed by atoms with E-state index in [0.717, 1.165) is 22.9 Å². The maximum atomic E-state index is 13.2. The first kappa shape index (κ1) is 15.2. The van der Waals surface area contributed by atoms with Gasteiger partial charge in [-0.25, -0.2) is 4.39 Å². The lowest BCUT2D eigenvalue weighted by Gasteiger charge is -2.14. The SMILES string of the molecule is CC(CCc1ccccc1)NCc1cc(F)ccc1Br. The van der Waals surface area contributed by atoms with Crippen LogP contribution in [0.25, 0.3) is 0 Å². The van der Waals surface area contributed by atoms with Gasteiger partial charge in [-0.1, -0.05) is 46.3 Å². The largest absolute Gasteiger partial charge is 0.310 e. The fourth-order valence-electron chi connectivity index (χ4n) is 2.09. The first-order chi connectivity index (χ1) is 9.65. The van der Waals surface area contributed by atoms with Crippen LogP contribution in [0.15, 0.2) is 53.0 Å². The molecule has 0 aromatic heterocycles. The molecular formula is C17H19BrFN. The van der Waals surface area contributed by atoms with Crippen LogP contribution in [-0.2, 0) is 13.0 Å². The van der Waals surface area contributed by atoms with E-state index in [1.54, 1.807) is 12.1 Å². The molecular weight excluding hydrogens is 317 g/mol. The van der Waals surface area contributed by atoms with Crippen molar-refractivity contribution in [2.45, 2.75) is 32.4 Å². The number of benzene rings is 2. The third kappa shape index (κ3) is 4.73. The monoisotopic (exact) mass is 335 g/mol. The van der Waals surface area contributed by atoms with Crippen molar-refractivity contribution < 1.29 is 4.39 Å². The Bertz CT molecular complexity index is 542. The Kier molecular flexibility index (Phi) is 5.74. The molecule has 0 heterocycles. The van der Waals surface area contributed by atoms with Crippen molar-refractivity contribution in [3.8, 4) is 0 Å². The lowest BCUT2D eigenvalue weighted by molar-refractivity contribution is 0.512. The number of hydrogen-bond acceptors (Lipinski definition) is 1. The van der Waals surface area contributed by atoms with Crippen molar-refractivity contribution in [3.05, 3.63) is 69.9 Å². The maximum Gasteiger partial charge on any atom is 0.123 e. The van der Waals surface area contributed by atoms with Gasteiger partial charge in [0.1, 0.15) is 5.82 Å². The molecule has 20 heavy (non-hydrogen) atoms. The van der Waals surface area contributed by atoms with E-state index in [2.05, 4.69) is 52.4 Å². The Morgan fingerprint density at radius 2 is 1.90 bits per heavy atom. The highest BCUT2D eigenvalue weighted by molar-refractivity contribution is 9.10. The molecule has 0 radical (unpaired) electrons. The van der Waals surface area contributed by atoms with Gasteiger partial charge in [-0.05, 0) is 49.1 Å². The van der Waals surface area contributed by atoms with Gasteiger partial charge >= 0.3 is 0 Å². The highest BCUT2D eigenvalue weighted by Crippen LogP contribution is 2.18. The summed E-state index contributed by atoms with van der Waals surface area (Å²) in [6, 6.07) is 15.6. The van der Waals surface area contributed by atoms with Crippen LogP contribution < -0.4 is 5.32 Å². The topological polar surface area (TPSA) is 12.0 Å². The zero-order chi connectivity index (χ0) is 14.4. The van der Waals surface area contributed by atoms with Gasteiger partial charge in [0.15, 0.2) is 0 Å². The Labute approximate surface area is 128 Å². The van der Waals surface area contributed by atoms with E-state index in [9.17, 15) is 4.39 Å². The fraction of sp³-hybridized carbons (Fsp3) is 0.294. The van der Waals surface area contributed by atoms with E-state index in [0.29, 0.717) is 12.6 Å². The number of nitrogens with one attached hydrogen (secondary N) is 1. The van der Waals surface area contributed by atoms with Crippen LogP contribution in [0.5, 0.6) is 0 Å². The molecule has 1 unspecified atom stereocenters. The van der Waals surface area contributed by atoms with Crippen molar-refractivity contribution in [2.75, 3.05) is 0 Å². The fourth-order valence-corrected chi connectivity index (χ4v) is 2.48. The van der Waals surface area contributed by atoms with Crippen molar-refractivity contribution in [1.29, 1.82) is 0 Å². The molecule has 0 fully saturated rings. The lowest BCUT2D eigenvalue weighted by Crippen LogP contribution is -2.26. The molecule has 2 aromatic carbocycles. The molecule has 3 heteroatoms. The highest BCUT2D eigenvalue weighted by atomic mass is 79.9. The van der Waals surface area contributed by atoms with E-state index >= 15 is 0 Å². The van der Waals surface area contributed by atoms with Gasteiger partial charge in [-0.15, -0.1) is 0 Å². The van der Waals surface area contributed by atoms with Crippen molar-refractivity contribution in [2.24, 2.45) is 0 Å². The first-order valence-electron chi connectivity index (χ1n) is 6.86. The van der Waals surface area contributed by atoms with Crippen molar-refractivity contribution in [3.63, 3.8) is 0 Å². The molecule has 1 nitrogen and oxygen atoms in total. The third-order valence-corrected chi connectivity index (χ3v) is 4.13. The van der Waals surface area contributed by atoms with Crippen LogP contribution in [0.3, 0.4) is 0 Å². The van der Waals surface area contributed by atoms with Gasteiger partial charge in [0.05, 0.1) is 0 Å². The standard InChI is InChI=1S/C17H19BrFN/c1-13(7-8-14-5-3-2-4-6-14)20-12-15-11-16(19)9-10-17(15)18/h2-6,9-11,13,20H,7-8,12H2,1H3. The Morgan fingerprint density at radius 1 is 1.15 bits per heavy atom. The smallest absolute Gasteiger partial charge is 0.123 e. The second-order valence-electron chi connectivity index (χ2n) is 5.04. The summed E-state index contributed by atoms with van der Waals surface area (Å²) in [4.78, 5) is 0. The molecule has 0 bridgehead atoms. The summed E-state index contributed by atoms with van der Waals surface area (Å²) < 4.78 is 14.1. The zero-order valence-electron chi connectivity index (χ0n) is 11.6. The second kappa shape index (κ2) is 7.55. The van der Waals surface area contributed by atoms with E-state index in [-0.39, 0.29) is 5.82 Å². The lowest BCUT2D eigenvalue weighted by atomic mass is 10.1. The molecule has 0 saturated heterocycles. The molecule has 0 aliphatic rings. The highest BCUT2D eigenvalue weighted by Gasteiger charge is 2.05. The van der Waals surface area contributed by atoms with Crippen LogP contribution in [-0.4, -0.2) is 6.04 Å². The number of hydrogen-bond donors (Lipinski definition) is 1. The maximum absolute atomic E-state index is 13.2. The summed E-state index contributed by atoms with van der Waals surface area (Å²) >= 11 is 3.45. The summed E-state index contributed by atoms with van der Waals surface area (Å²) in [5.41, 5.74) is 2.31. The molecule has 0 saturated carbocycles. The number of aryl methyl sites for hydroxylation is 1. The quantitative estimate of drug-likeness (QED) is 0.806. The molecule has 1 N–H and O–H groups in total. The molecule has 106 valence electrons. The third-order valence-electron chi connectivity index (χ3n) is 3.36. The average molecular weight is 336 g/mol. The van der Waals surface area contributed by atoms with Gasteiger partial charge in [0, 0.05) is 17.1 Å². The van der Waals surface area contributed by atoms with Crippen molar-refractivity contribution >= 4 is 15.9 Å². The summed E-state index contributed by atoms with van der Waals surface area (Å²) in [5, 5.41) is 3.44. The Morgan fingerprint density at radius 3 is 2.65 bits per heavy atom. The minimum absolute atomic E-state index is 0.193.